The summed E-state index contributed by atoms with van der Waals surface area (Å²) in [7, 11) is 0. The van der Waals surface area contributed by atoms with Crippen molar-refractivity contribution in [3.63, 3.8) is 0 Å². The van der Waals surface area contributed by atoms with E-state index in [2.05, 4.69) is 14.8 Å². The van der Waals surface area contributed by atoms with Crippen molar-refractivity contribution in [2.45, 2.75) is 0 Å². The first-order valence-electron chi connectivity index (χ1n) is 8.79. The fraction of sp³-hybridized carbons (Fsp3) is 0.250. The first-order chi connectivity index (χ1) is 13.2. The van der Waals surface area contributed by atoms with Crippen LogP contribution in [0.3, 0.4) is 0 Å². The zero-order valence-corrected chi connectivity index (χ0v) is 15.4. The van der Waals surface area contributed by atoms with Crippen LogP contribution in [0.1, 0.15) is 0 Å². The third-order valence-corrected chi connectivity index (χ3v) is 5.09. The second kappa shape index (κ2) is 7.58. The fourth-order valence-electron chi connectivity index (χ4n) is 3.34. The summed E-state index contributed by atoms with van der Waals surface area (Å²) >= 11 is 6.33. The van der Waals surface area contributed by atoms with Crippen molar-refractivity contribution in [2.24, 2.45) is 0 Å². The van der Waals surface area contributed by atoms with Crippen LogP contribution in [-0.4, -0.2) is 53.9 Å². The van der Waals surface area contributed by atoms with Crippen LogP contribution in [0, 0.1) is 5.82 Å². The van der Waals surface area contributed by atoms with Gasteiger partial charge in [-0.3, -0.25) is 4.90 Å². The fourth-order valence-corrected chi connectivity index (χ4v) is 3.56. The number of hydrogen-bond donors (Lipinski definition) is 0. The summed E-state index contributed by atoms with van der Waals surface area (Å²) in [6, 6.07) is 12.0. The Hall–Kier alpha value is -2.57. The molecule has 0 atom stereocenters. The number of halogens is 2. The highest BCUT2D eigenvalue weighted by atomic mass is 35.5. The standard InChI is InChI=1S/C20H18ClFN4O/c21-17-4-2-1-3-15(17)19-23-18-6-5-14(22)13-16(18)20(24-19)26-9-7-25(8-10-26)11-12-27/h1-6,12-13H,7-11H2. The Balaban J connectivity index is 1.79. The van der Waals surface area contributed by atoms with Gasteiger partial charge in [-0.2, -0.15) is 0 Å². The number of piperazine rings is 1. The molecule has 0 spiro atoms. The van der Waals surface area contributed by atoms with Gasteiger partial charge in [0.15, 0.2) is 5.82 Å². The second-order valence-corrected chi connectivity index (χ2v) is 6.87. The summed E-state index contributed by atoms with van der Waals surface area (Å²) in [5, 5.41) is 1.25. The molecule has 27 heavy (non-hydrogen) atoms. The van der Waals surface area contributed by atoms with Gasteiger partial charge in [0.05, 0.1) is 17.1 Å². The van der Waals surface area contributed by atoms with Crippen molar-refractivity contribution >= 4 is 34.6 Å². The van der Waals surface area contributed by atoms with E-state index in [1.54, 1.807) is 12.1 Å². The number of aromatic nitrogens is 2. The SMILES string of the molecule is O=CCN1CCN(c2nc(-c3ccccc3Cl)nc3ccc(F)cc23)CC1. The van der Waals surface area contributed by atoms with Crippen molar-refractivity contribution in [2.75, 3.05) is 37.6 Å². The summed E-state index contributed by atoms with van der Waals surface area (Å²) in [6.45, 7) is 3.34. The molecule has 3 aromatic rings. The molecule has 1 aliphatic rings. The van der Waals surface area contributed by atoms with E-state index in [1.807, 2.05) is 18.2 Å². The number of fused-ring (bicyclic) bond motifs is 1. The molecule has 4 rings (SSSR count). The summed E-state index contributed by atoms with van der Waals surface area (Å²) in [5.41, 5.74) is 1.41. The van der Waals surface area contributed by atoms with Gasteiger partial charge in [0, 0.05) is 37.1 Å². The predicted molar refractivity (Wildman–Crippen MR) is 105 cm³/mol. The molecule has 1 saturated heterocycles. The lowest BCUT2D eigenvalue weighted by molar-refractivity contribution is -0.108. The lowest BCUT2D eigenvalue weighted by Gasteiger charge is -2.35. The average molecular weight is 385 g/mol. The Labute approximate surface area is 161 Å². The first-order valence-corrected chi connectivity index (χ1v) is 9.16. The summed E-state index contributed by atoms with van der Waals surface area (Å²) in [5.74, 6) is 0.891. The molecule has 0 radical (unpaired) electrons. The van der Waals surface area contributed by atoms with Gasteiger partial charge in [-0.25, -0.2) is 14.4 Å². The molecule has 1 aliphatic heterocycles. The van der Waals surface area contributed by atoms with E-state index in [1.165, 1.54) is 12.1 Å². The molecule has 0 amide bonds. The molecule has 1 fully saturated rings. The molecule has 0 N–H and O–H groups in total. The molecule has 2 aromatic carbocycles. The Morgan fingerprint density at radius 3 is 2.59 bits per heavy atom. The summed E-state index contributed by atoms with van der Waals surface area (Å²) in [6.07, 6.45) is 0.917. The topological polar surface area (TPSA) is 49.3 Å². The maximum Gasteiger partial charge on any atom is 0.163 e. The van der Waals surface area contributed by atoms with Crippen LogP contribution < -0.4 is 4.90 Å². The molecule has 0 bridgehead atoms. The van der Waals surface area contributed by atoms with E-state index in [0.717, 1.165) is 24.9 Å². The number of carbonyl (C=O) groups excluding carboxylic acids is 1. The normalized spacial score (nSPS) is 15.3. The molecule has 138 valence electrons. The lowest BCUT2D eigenvalue weighted by atomic mass is 10.1. The average Bonchev–Trinajstić information content (AvgIpc) is 2.68. The molecule has 1 aromatic heterocycles. The number of anilines is 1. The molecule has 5 nitrogen and oxygen atoms in total. The van der Waals surface area contributed by atoms with E-state index in [9.17, 15) is 9.18 Å². The van der Waals surface area contributed by atoms with E-state index < -0.39 is 0 Å². The maximum atomic E-state index is 13.9. The number of aldehydes is 1. The number of nitrogens with zero attached hydrogens (tertiary/aromatic N) is 4. The molecular formula is C20H18ClFN4O. The van der Waals surface area contributed by atoms with E-state index >= 15 is 0 Å². The van der Waals surface area contributed by atoms with E-state index in [0.29, 0.717) is 47.2 Å². The van der Waals surface area contributed by atoms with Crippen molar-refractivity contribution < 1.29 is 9.18 Å². The van der Waals surface area contributed by atoms with Gasteiger partial charge in [-0.05, 0) is 30.3 Å². The van der Waals surface area contributed by atoms with Crippen molar-refractivity contribution in [3.05, 3.63) is 53.3 Å². The predicted octanol–water partition coefficient (Wildman–Crippen LogP) is 3.41. The van der Waals surface area contributed by atoms with Gasteiger partial charge in [0.2, 0.25) is 0 Å². The van der Waals surface area contributed by atoms with Crippen LogP contribution >= 0.6 is 11.6 Å². The Bertz CT molecular complexity index is 989. The van der Waals surface area contributed by atoms with Crippen LogP contribution in [0.25, 0.3) is 22.3 Å². The quantitative estimate of drug-likeness (QED) is 0.645. The van der Waals surface area contributed by atoms with Crippen molar-refractivity contribution in [1.29, 1.82) is 0 Å². The van der Waals surface area contributed by atoms with Crippen LogP contribution in [-0.2, 0) is 4.79 Å². The molecule has 0 aliphatic carbocycles. The number of carbonyl (C=O) groups is 1. The molecule has 0 unspecified atom stereocenters. The smallest absolute Gasteiger partial charge is 0.163 e. The third-order valence-electron chi connectivity index (χ3n) is 4.76. The minimum atomic E-state index is -0.322. The van der Waals surface area contributed by atoms with Crippen LogP contribution in [0.2, 0.25) is 5.02 Å². The van der Waals surface area contributed by atoms with Gasteiger partial charge in [0.25, 0.3) is 0 Å². The Kier molecular flexibility index (Phi) is 5.01. The largest absolute Gasteiger partial charge is 0.353 e. The van der Waals surface area contributed by atoms with Crippen molar-refractivity contribution in [1.82, 2.24) is 14.9 Å². The molecule has 2 heterocycles. The van der Waals surface area contributed by atoms with Gasteiger partial charge in [-0.15, -0.1) is 0 Å². The van der Waals surface area contributed by atoms with Gasteiger partial charge in [-0.1, -0.05) is 23.7 Å². The third kappa shape index (κ3) is 3.63. The Morgan fingerprint density at radius 1 is 1.07 bits per heavy atom. The highest BCUT2D eigenvalue weighted by Gasteiger charge is 2.21. The summed E-state index contributed by atoms with van der Waals surface area (Å²) < 4.78 is 13.9. The highest BCUT2D eigenvalue weighted by Crippen LogP contribution is 2.31. The van der Waals surface area contributed by atoms with Crippen LogP contribution in [0.4, 0.5) is 10.2 Å². The minimum absolute atomic E-state index is 0.322. The van der Waals surface area contributed by atoms with Crippen LogP contribution in [0.5, 0.6) is 0 Å². The molecular weight excluding hydrogens is 367 g/mol. The number of hydrogen-bond acceptors (Lipinski definition) is 5. The highest BCUT2D eigenvalue weighted by molar-refractivity contribution is 6.33. The van der Waals surface area contributed by atoms with Gasteiger partial charge in [0.1, 0.15) is 17.9 Å². The zero-order chi connectivity index (χ0) is 18.8. The molecule has 0 saturated carbocycles. The monoisotopic (exact) mass is 384 g/mol. The first kappa shape index (κ1) is 17.8. The number of rotatable bonds is 4. The van der Waals surface area contributed by atoms with Crippen molar-refractivity contribution in [3.8, 4) is 11.4 Å². The summed E-state index contributed by atoms with van der Waals surface area (Å²) in [4.78, 5) is 24.3. The minimum Gasteiger partial charge on any atom is -0.353 e. The van der Waals surface area contributed by atoms with Gasteiger partial charge >= 0.3 is 0 Å². The van der Waals surface area contributed by atoms with Crippen LogP contribution in [0.15, 0.2) is 42.5 Å². The lowest BCUT2D eigenvalue weighted by Crippen LogP contribution is -2.47. The number of benzene rings is 2. The molecule has 7 heteroatoms. The zero-order valence-electron chi connectivity index (χ0n) is 14.6. The maximum absolute atomic E-state index is 13.9. The van der Waals surface area contributed by atoms with E-state index in [4.69, 9.17) is 16.6 Å². The second-order valence-electron chi connectivity index (χ2n) is 6.47. The van der Waals surface area contributed by atoms with E-state index in [-0.39, 0.29) is 5.82 Å². The Morgan fingerprint density at radius 2 is 1.85 bits per heavy atom. The van der Waals surface area contributed by atoms with Gasteiger partial charge < -0.3 is 9.69 Å².